The first-order valence-electron chi connectivity index (χ1n) is 15.4. The molecule has 0 aliphatic rings. The Hall–Kier alpha value is -6.99. The zero-order valence-electron chi connectivity index (χ0n) is 27.4. The highest BCUT2D eigenvalue weighted by Crippen LogP contribution is 2.19. The van der Waals surface area contributed by atoms with E-state index in [0.29, 0.717) is 17.2 Å². The van der Waals surface area contributed by atoms with Crippen LogP contribution in [0.1, 0.15) is 27.8 Å². The van der Waals surface area contributed by atoms with Crippen molar-refractivity contribution in [3.63, 3.8) is 0 Å². The van der Waals surface area contributed by atoms with Gasteiger partial charge in [0.1, 0.15) is 11.5 Å². The Morgan fingerprint density at radius 1 is 0.400 bits per heavy atom. The van der Waals surface area contributed by atoms with E-state index in [1.54, 1.807) is 54.7 Å². The van der Waals surface area contributed by atoms with Crippen molar-refractivity contribution < 1.29 is 19.1 Å². The van der Waals surface area contributed by atoms with Gasteiger partial charge < -0.3 is 9.47 Å². The Balaban J connectivity index is 0.000000226. The Labute approximate surface area is 292 Å². The molecule has 0 saturated heterocycles. The first kappa shape index (κ1) is 35.9. The molecule has 7 nitrogen and oxygen atoms in total. The molecule has 0 saturated carbocycles. The molecule has 0 aromatic heterocycles. The van der Waals surface area contributed by atoms with Crippen LogP contribution in [-0.4, -0.2) is 30.6 Å². The molecule has 0 radical (unpaired) electrons. The van der Waals surface area contributed by atoms with Crippen LogP contribution in [0.25, 0.3) is 12.2 Å². The van der Waals surface area contributed by atoms with Crippen LogP contribution in [0.5, 0.6) is 11.5 Å². The van der Waals surface area contributed by atoms with Gasteiger partial charge in [0, 0.05) is 30.8 Å². The minimum atomic E-state index is -0.511. The minimum absolute atomic E-state index is 0.423. The van der Waals surface area contributed by atoms with E-state index in [1.165, 1.54) is 0 Å². The third-order valence-corrected chi connectivity index (χ3v) is 6.77. The monoisotopic (exact) mass is 657 g/mol. The van der Waals surface area contributed by atoms with E-state index in [1.807, 2.05) is 97.4 Å². The van der Waals surface area contributed by atoms with Gasteiger partial charge in [0.05, 0.1) is 17.1 Å². The van der Waals surface area contributed by atoms with Crippen LogP contribution in [0, 0.1) is 0 Å². The minimum Gasteiger partial charge on any atom is -0.423 e. The Morgan fingerprint density at radius 3 is 0.960 bits per heavy atom. The number of nitrogens with zero attached hydrogens (tertiary/aromatic N) is 3. The quantitative estimate of drug-likeness (QED) is 0.0578. The number of hydrogen-bond acceptors (Lipinski definition) is 7. The van der Waals surface area contributed by atoms with E-state index in [-0.39, 0.29) is 0 Å². The molecular formula is C43H35N3O4. The van der Waals surface area contributed by atoms with Crippen LogP contribution in [0.2, 0.25) is 0 Å². The molecule has 246 valence electrons. The number of rotatable bonds is 12. The van der Waals surface area contributed by atoms with Gasteiger partial charge in [-0.1, -0.05) is 87.0 Å². The van der Waals surface area contributed by atoms with Gasteiger partial charge in [-0.3, -0.25) is 15.0 Å². The molecule has 0 aliphatic carbocycles. The molecule has 0 spiro atoms. The number of ether oxygens (including phenoxy) is 2. The molecule has 0 bridgehead atoms. The fourth-order valence-corrected chi connectivity index (χ4v) is 4.05. The molecule has 0 aliphatic heterocycles. The molecule has 0 fully saturated rings. The lowest BCUT2D eigenvalue weighted by molar-refractivity contribution is -0.129. The highest BCUT2D eigenvalue weighted by atomic mass is 16.5. The van der Waals surface area contributed by atoms with Gasteiger partial charge in [-0.2, -0.15) is 0 Å². The van der Waals surface area contributed by atoms with E-state index in [4.69, 9.17) is 9.47 Å². The second-order valence-electron chi connectivity index (χ2n) is 10.3. The lowest BCUT2D eigenvalue weighted by atomic mass is 10.1. The predicted octanol–water partition coefficient (Wildman–Crippen LogP) is 10.1. The summed E-state index contributed by atoms with van der Waals surface area (Å²) in [5, 5.41) is 0. The Bertz CT molecular complexity index is 1860. The molecule has 5 aromatic rings. The molecular weight excluding hydrogens is 622 g/mol. The summed E-state index contributed by atoms with van der Waals surface area (Å²) in [5.41, 5.74) is 7.66. The molecule has 0 amide bonds. The molecule has 5 rings (SSSR count). The summed E-state index contributed by atoms with van der Waals surface area (Å²) >= 11 is 0. The number of esters is 2. The third kappa shape index (κ3) is 12.0. The van der Waals surface area contributed by atoms with Crippen LogP contribution >= 0.6 is 0 Å². The van der Waals surface area contributed by atoms with Crippen molar-refractivity contribution in [2.45, 2.75) is 0 Å². The summed E-state index contributed by atoms with van der Waals surface area (Å²) in [6, 6.07) is 37.7. The summed E-state index contributed by atoms with van der Waals surface area (Å²) in [4.78, 5) is 35.5. The zero-order valence-corrected chi connectivity index (χ0v) is 27.4. The van der Waals surface area contributed by atoms with Gasteiger partial charge >= 0.3 is 11.9 Å². The predicted molar refractivity (Wildman–Crippen MR) is 206 cm³/mol. The van der Waals surface area contributed by atoms with E-state index in [9.17, 15) is 9.59 Å². The molecule has 5 aromatic carbocycles. The fourth-order valence-electron chi connectivity index (χ4n) is 4.05. The van der Waals surface area contributed by atoms with Crippen molar-refractivity contribution >= 4 is 59.8 Å². The normalized spacial score (nSPS) is 10.6. The molecule has 0 unspecified atom stereocenters. The van der Waals surface area contributed by atoms with Crippen molar-refractivity contribution in [1.82, 2.24) is 0 Å². The fraction of sp³-hybridized carbons (Fsp3) is 0. The summed E-state index contributed by atoms with van der Waals surface area (Å²) in [5.74, 6) is -0.158. The van der Waals surface area contributed by atoms with Crippen LogP contribution < -0.4 is 9.47 Å². The maximum atomic E-state index is 11.1. The maximum absolute atomic E-state index is 11.1. The van der Waals surface area contributed by atoms with Gasteiger partial charge in [0.25, 0.3) is 0 Å². The first-order chi connectivity index (χ1) is 24.4. The summed E-state index contributed by atoms with van der Waals surface area (Å²) in [6.07, 6.45) is 11.2. The highest BCUT2D eigenvalue weighted by Gasteiger charge is 2.01. The van der Waals surface area contributed by atoms with Crippen LogP contribution in [-0.2, 0) is 9.59 Å². The Kier molecular flexibility index (Phi) is 13.6. The molecule has 0 heterocycles. The number of benzene rings is 5. The van der Waals surface area contributed by atoms with Gasteiger partial charge in [-0.25, -0.2) is 9.59 Å². The lowest BCUT2D eigenvalue weighted by Crippen LogP contribution is -2.02. The number of hydrogen-bond donors (Lipinski definition) is 0. The van der Waals surface area contributed by atoms with E-state index in [0.717, 1.165) is 51.3 Å². The third-order valence-electron chi connectivity index (χ3n) is 6.77. The Morgan fingerprint density at radius 2 is 0.660 bits per heavy atom. The average molecular weight is 658 g/mol. The zero-order chi connectivity index (χ0) is 35.6. The molecule has 7 heteroatoms. The van der Waals surface area contributed by atoms with Gasteiger partial charge in [0.2, 0.25) is 0 Å². The van der Waals surface area contributed by atoms with Gasteiger partial charge in [-0.15, -0.1) is 0 Å². The molecule has 0 atom stereocenters. The second kappa shape index (κ2) is 19.0. The lowest BCUT2D eigenvalue weighted by Gasteiger charge is -2.02. The van der Waals surface area contributed by atoms with E-state index in [2.05, 4.69) is 41.3 Å². The first-order valence-corrected chi connectivity index (χ1v) is 15.4. The second-order valence-corrected chi connectivity index (χ2v) is 10.3. The standard InChI is InChI=1S/C24H20N2.C19H15NO4/c1-3-19-9-13-23(14-10-19)25-17-21-5-7-22(8-6-21)18-26-24-15-11-20(4-2)12-16-24;1-3-18(21)23-16-9-5-14(6-10-16)13-20-15-7-11-17(12-8-15)24-19(22)4-2/h3-18H,1-2H2;3-13H,1-2H2. The highest BCUT2D eigenvalue weighted by molar-refractivity contribution is 5.87. The van der Waals surface area contributed by atoms with E-state index < -0.39 is 11.9 Å². The molecule has 0 N–H and O–H groups in total. The van der Waals surface area contributed by atoms with Crippen LogP contribution in [0.3, 0.4) is 0 Å². The van der Waals surface area contributed by atoms with Crippen molar-refractivity contribution in [2.24, 2.45) is 15.0 Å². The summed E-state index contributed by atoms with van der Waals surface area (Å²) in [6.45, 7) is 14.2. The largest absolute Gasteiger partial charge is 0.423 e. The topological polar surface area (TPSA) is 89.7 Å². The van der Waals surface area contributed by atoms with Gasteiger partial charge in [0.15, 0.2) is 0 Å². The SMILES string of the molecule is C=CC(=O)Oc1ccc(C=Nc2ccc(OC(=O)C=C)cc2)cc1.C=Cc1ccc(N=Cc2ccc(C=Nc3ccc(C=C)cc3)cc2)cc1. The van der Waals surface area contributed by atoms with Crippen molar-refractivity contribution in [3.8, 4) is 11.5 Å². The number of carbonyl (C=O) groups is 2. The number of aliphatic imine (C=N–C) groups is 3. The van der Waals surface area contributed by atoms with Crippen molar-refractivity contribution in [2.75, 3.05) is 0 Å². The number of carbonyl (C=O) groups excluding carboxylic acids is 2. The summed E-state index contributed by atoms with van der Waals surface area (Å²) in [7, 11) is 0. The maximum Gasteiger partial charge on any atom is 0.335 e. The van der Waals surface area contributed by atoms with Crippen molar-refractivity contribution in [1.29, 1.82) is 0 Å². The average Bonchev–Trinajstić information content (AvgIpc) is 3.17. The smallest absolute Gasteiger partial charge is 0.335 e. The van der Waals surface area contributed by atoms with Crippen LogP contribution in [0.4, 0.5) is 17.1 Å². The van der Waals surface area contributed by atoms with Crippen LogP contribution in [0.15, 0.2) is 175 Å². The molecule has 50 heavy (non-hydrogen) atoms. The summed E-state index contributed by atoms with van der Waals surface area (Å²) < 4.78 is 9.96. The van der Waals surface area contributed by atoms with Gasteiger partial charge in [-0.05, 0) is 101 Å². The van der Waals surface area contributed by atoms with E-state index >= 15 is 0 Å². The van der Waals surface area contributed by atoms with Crippen molar-refractivity contribution in [3.05, 3.63) is 188 Å².